The summed E-state index contributed by atoms with van der Waals surface area (Å²) in [4.78, 5) is 27.1. The second kappa shape index (κ2) is 8.37. The van der Waals surface area contributed by atoms with Crippen LogP contribution in [0, 0.1) is 13.8 Å². The second-order valence-corrected chi connectivity index (χ2v) is 7.30. The van der Waals surface area contributed by atoms with Crippen molar-refractivity contribution in [3.05, 3.63) is 69.0 Å². The van der Waals surface area contributed by atoms with Crippen LogP contribution < -0.4 is 10.9 Å². The van der Waals surface area contributed by atoms with E-state index in [0.717, 1.165) is 28.6 Å². The first-order valence-corrected chi connectivity index (χ1v) is 9.52. The number of anilines is 1. The molecule has 6 nitrogen and oxygen atoms in total. The fraction of sp³-hybridized carbons (Fsp3) is 0.158. The van der Waals surface area contributed by atoms with Crippen LogP contribution in [0.3, 0.4) is 0 Å². The van der Waals surface area contributed by atoms with Gasteiger partial charge in [-0.15, -0.1) is 10.2 Å². The predicted octanol–water partition coefficient (Wildman–Crippen LogP) is 3.83. The van der Waals surface area contributed by atoms with E-state index in [4.69, 9.17) is 11.6 Å². The van der Waals surface area contributed by atoms with Gasteiger partial charge in [-0.1, -0.05) is 47.6 Å². The summed E-state index contributed by atoms with van der Waals surface area (Å²) < 4.78 is 0. The molecule has 2 N–H and O–H groups in total. The van der Waals surface area contributed by atoms with Crippen LogP contribution >= 0.6 is 23.4 Å². The number of aromatic nitrogens is 3. The molecule has 8 heteroatoms. The van der Waals surface area contributed by atoms with E-state index in [1.165, 1.54) is 0 Å². The maximum absolute atomic E-state index is 12.2. The third-order valence-electron chi connectivity index (χ3n) is 4.01. The van der Waals surface area contributed by atoms with Gasteiger partial charge in [-0.2, -0.15) is 0 Å². The monoisotopic (exact) mass is 400 g/mol. The topological polar surface area (TPSA) is 87.7 Å². The van der Waals surface area contributed by atoms with Crippen molar-refractivity contribution in [1.29, 1.82) is 0 Å². The maximum Gasteiger partial charge on any atom is 0.278 e. The first-order chi connectivity index (χ1) is 12.9. The molecular weight excluding hydrogens is 384 g/mol. The molecule has 1 amide bonds. The molecule has 0 unspecified atom stereocenters. The quantitative estimate of drug-likeness (QED) is 0.635. The van der Waals surface area contributed by atoms with Crippen molar-refractivity contribution < 1.29 is 4.79 Å². The summed E-state index contributed by atoms with van der Waals surface area (Å²) in [5.74, 6) is -0.0729. The molecule has 0 aliphatic carbocycles. The highest BCUT2D eigenvalue weighted by atomic mass is 35.5. The molecule has 0 spiro atoms. The van der Waals surface area contributed by atoms with Crippen LogP contribution in [0.4, 0.5) is 5.69 Å². The maximum atomic E-state index is 12.2. The van der Waals surface area contributed by atoms with Crippen molar-refractivity contribution >= 4 is 35.0 Å². The Hall–Kier alpha value is -2.64. The number of carbonyl (C=O) groups excluding carboxylic acids is 1. The molecule has 0 aliphatic heterocycles. The van der Waals surface area contributed by atoms with Crippen LogP contribution in [0.5, 0.6) is 0 Å². The van der Waals surface area contributed by atoms with Gasteiger partial charge in [-0.25, -0.2) is 0 Å². The number of carbonyl (C=O) groups is 1. The fourth-order valence-electron chi connectivity index (χ4n) is 2.39. The van der Waals surface area contributed by atoms with Gasteiger partial charge in [0.05, 0.1) is 5.75 Å². The van der Waals surface area contributed by atoms with Crippen LogP contribution in [0.25, 0.3) is 11.3 Å². The van der Waals surface area contributed by atoms with Gasteiger partial charge in [0, 0.05) is 16.3 Å². The summed E-state index contributed by atoms with van der Waals surface area (Å²) in [5.41, 5.74) is 3.36. The lowest BCUT2D eigenvalue weighted by molar-refractivity contribution is -0.113. The largest absolute Gasteiger partial charge is 0.325 e. The standard InChI is InChI=1S/C19H17ClN4O2S/c1-11-4-3-5-15(12(11)2)21-16(25)10-27-19-22-18(26)17(23-24-19)13-6-8-14(20)9-7-13/h3-9H,10H2,1-2H3,(H,21,25)(H,22,24,26). The van der Waals surface area contributed by atoms with Gasteiger partial charge in [-0.3, -0.25) is 14.6 Å². The second-order valence-electron chi connectivity index (χ2n) is 5.90. The van der Waals surface area contributed by atoms with E-state index in [9.17, 15) is 9.59 Å². The first kappa shape index (κ1) is 19.1. The average Bonchev–Trinajstić information content (AvgIpc) is 2.65. The van der Waals surface area contributed by atoms with E-state index in [-0.39, 0.29) is 28.1 Å². The number of nitrogens with zero attached hydrogens (tertiary/aromatic N) is 2. The third-order valence-corrected chi connectivity index (χ3v) is 5.13. The Morgan fingerprint density at radius 3 is 2.59 bits per heavy atom. The number of benzene rings is 2. The number of amides is 1. The highest BCUT2D eigenvalue weighted by Gasteiger charge is 2.11. The summed E-state index contributed by atoms with van der Waals surface area (Å²) in [5, 5.41) is 11.7. The van der Waals surface area contributed by atoms with E-state index in [2.05, 4.69) is 20.5 Å². The Kier molecular flexibility index (Phi) is 5.93. The summed E-state index contributed by atoms with van der Waals surface area (Å²) in [6.07, 6.45) is 0. The molecule has 2 aromatic carbocycles. The van der Waals surface area contributed by atoms with E-state index in [1.807, 2.05) is 32.0 Å². The van der Waals surface area contributed by atoms with E-state index in [1.54, 1.807) is 24.3 Å². The van der Waals surface area contributed by atoms with Gasteiger partial charge < -0.3 is 5.32 Å². The Morgan fingerprint density at radius 2 is 1.89 bits per heavy atom. The van der Waals surface area contributed by atoms with Crippen LogP contribution in [-0.4, -0.2) is 26.8 Å². The molecule has 0 bridgehead atoms. The average molecular weight is 401 g/mol. The molecule has 27 heavy (non-hydrogen) atoms. The highest BCUT2D eigenvalue weighted by Crippen LogP contribution is 2.20. The first-order valence-electron chi connectivity index (χ1n) is 8.16. The molecule has 0 radical (unpaired) electrons. The van der Waals surface area contributed by atoms with Crippen molar-refractivity contribution in [2.75, 3.05) is 11.1 Å². The predicted molar refractivity (Wildman–Crippen MR) is 108 cm³/mol. The van der Waals surface area contributed by atoms with Crippen LogP contribution in [0.2, 0.25) is 5.02 Å². The lowest BCUT2D eigenvalue weighted by atomic mass is 10.1. The van der Waals surface area contributed by atoms with Crippen LogP contribution in [0.15, 0.2) is 52.4 Å². The molecule has 0 saturated carbocycles. The molecule has 3 rings (SSSR count). The number of aryl methyl sites for hydroxylation is 1. The van der Waals surface area contributed by atoms with Gasteiger partial charge in [0.15, 0.2) is 10.9 Å². The number of rotatable bonds is 5. The van der Waals surface area contributed by atoms with E-state index < -0.39 is 0 Å². The minimum atomic E-state index is -0.371. The number of H-pyrrole nitrogens is 1. The molecule has 3 aromatic rings. The summed E-state index contributed by atoms with van der Waals surface area (Å²) in [6.45, 7) is 3.94. The summed E-state index contributed by atoms with van der Waals surface area (Å²) in [7, 11) is 0. The minimum Gasteiger partial charge on any atom is -0.325 e. The number of aromatic amines is 1. The van der Waals surface area contributed by atoms with Gasteiger partial charge in [0.1, 0.15) is 0 Å². The molecular formula is C19H17ClN4O2S. The smallest absolute Gasteiger partial charge is 0.278 e. The Bertz CT molecular complexity index is 1030. The molecule has 0 atom stereocenters. The molecule has 0 fully saturated rings. The summed E-state index contributed by atoms with van der Waals surface area (Å²) in [6, 6.07) is 12.5. The number of hydrogen-bond acceptors (Lipinski definition) is 5. The summed E-state index contributed by atoms with van der Waals surface area (Å²) >= 11 is 6.96. The normalized spacial score (nSPS) is 10.6. The van der Waals surface area contributed by atoms with Gasteiger partial charge in [-0.05, 0) is 43.2 Å². The van der Waals surface area contributed by atoms with Crippen molar-refractivity contribution in [2.24, 2.45) is 0 Å². The van der Waals surface area contributed by atoms with Gasteiger partial charge in [0.25, 0.3) is 5.56 Å². The van der Waals surface area contributed by atoms with Gasteiger partial charge in [0.2, 0.25) is 5.91 Å². The number of thioether (sulfide) groups is 1. The lowest BCUT2D eigenvalue weighted by Gasteiger charge is -2.10. The fourth-order valence-corrected chi connectivity index (χ4v) is 3.12. The number of hydrogen-bond donors (Lipinski definition) is 2. The molecule has 0 saturated heterocycles. The molecule has 138 valence electrons. The Morgan fingerprint density at radius 1 is 1.15 bits per heavy atom. The Balaban J connectivity index is 1.65. The van der Waals surface area contributed by atoms with E-state index >= 15 is 0 Å². The zero-order valence-electron chi connectivity index (χ0n) is 14.7. The highest BCUT2D eigenvalue weighted by molar-refractivity contribution is 7.99. The zero-order valence-corrected chi connectivity index (χ0v) is 16.3. The molecule has 1 aromatic heterocycles. The Labute approximate surface area is 165 Å². The SMILES string of the molecule is Cc1cccc(NC(=O)CSc2nnc(-c3ccc(Cl)cc3)c(=O)[nH]2)c1C. The van der Waals surface area contributed by atoms with Crippen molar-refractivity contribution in [3.63, 3.8) is 0 Å². The lowest BCUT2D eigenvalue weighted by Crippen LogP contribution is -2.17. The van der Waals surface area contributed by atoms with Crippen LogP contribution in [0.1, 0.15) is 11.1 Å². The van der Waals surface area contributed by atoms with Gasteiger partial charge >= 0.3 is 0 Å². The van der Waals surface area contributed by atoms with E-state index in [0.29, 0.717) is 10.6 Å². The van der Waals surface area contributed by atoms with Crippen molar-refractivity contribution in [3.8, 4) is 11.3 Å². The van der Waals surface area contributed by atoms with Crippen molar-refractivity contribution in [1.82, 2.24) is 15.2 Å². The third kappa shape index (κ3) is 4.75. The number of nitrogens with one attached hydrogen (secondary N) is 2. The van der Waals surface area contributed by atoms with Crippen LogP contribution in [-0.2, 0) is 4.79 Å². The number of halogens is 1. The zero-order chi connectivity index (χ0) is 19.4. The minimum absolute atomic E-state index is 0.109. The van der Waals surface area contributed by atoms with Crippen molar-refractivity contribution in [2.45, 2.75) is 19.0 Å². The molecule has 0 aliphatic rings. The molecule has 1 heterocycles.